The van der Waals surface area contributed by atoms with Gasteiger partial charge in [-0.1, -0.05) is 11.3 Å². The average molecular weight is 521 g/mol. The van der Waals surface area contributed by atoms with Crippen molar-refractivity contribution < 1.29 is 28.4 Å². The van der Waals surface area contributed by atoms with Crippen LogP contribution in [0.15, 0.2) is 24.4 Å². The molecule has 10 nitrogen and oxygen atoms in total. The third-order valence-corrected chi connectivity index (χ3v) is 6.84. The highest BCUT2D eigenvalue weighted by Gasteiger charge is 2.47. The number of ether oxygens (including phenoxy) is 2. The van der Waals surface area contributed by atoms with Crippen molar-refractivity contribution in [3.8, 4) is 17.0 Å². The van der Waals surface area contributed by atoms with Crippen LogP contribution in [0.3, 0.4) is 0 Å². The molecule has 2 fully saturated rings. The molecule has 5 heterocycles. The number of anilines is 1. The van der Waals surface area contributed by atoms with E-state index in [4.69, 9.17) is 10.8 Å². The lowest BCUT2D eigenvalue weighted by Crippen LogP contribution is -2.61. The van der Waals surface area contributed by atoms with Gasteiger partial charge in [0.05, 0.1) is 64.1 Å². The molecule has 3 aromatic heterocycles. The number of aromatic nitrogens is 6. The summed E-state index contributed by atoms with van der Waals surface area (Å²) in [6, 6.07) is 3.50. The third kappa shape index (κ3) is 4.13. The van der Waals surface area contributed by atoms with Gasteiger partial charge in [0, 0.05) is 6.54 Å². The monoisotopic (exact) mass is 521 g/mol. The normalized spacial score (nSPS) is 20.8. The summed E-state index contributed by atoms with van der Waals surface area (Å²) in [5.74, 6) is -4.30. The van der Waals surface area contributed by atoms with E-state index in [-0.39, 0.29) is 41.9 Å². The molecule has 1 N–H and O–H groups in total. The molecule has 1 aromatic carbocycles. The number of benzene rings is 1. The summed E-state index contributed by atoms with van der Waals surface area (Å²) in [7, 11) is 1.31. The molecule has 0 aliphatic carbocycles. The Morgan fingerprint density at radius 1 is 1.32 bits per heavy atom. The average Bonchev–Trinajstić information content (AvgIpc) is 3.37. The largest absolute Gasteiger partial charge is 0.479 e. The Hall–Kier alpha value is -3.52. The van der Waals surface area contributed by atoms with Crippen LogP contribution in [-0.4, -0.2) is 92.6 Å². The number of hydrogen-bond donors (Lipinski definition) is 1. The second-order valence-electron chi connectivity index (χ2n) is 9.12. The summed E-state index contributed by atoms with van der Waals surface area (Å²) < 4.78 is 79.6. The SMILES string of the molecule is [2H]c1c(F)c(-c2ccc3nnn(CCF)c3c2)c2c(OC)nc(N[C@@H]3CCN(C4COC4)CC3(F)F)nn12. The van der Waals surface area contributed by atoms with Gasteiger partial charge in [0.25, 0.3) is 5.92 Å². The Balaban J connectivity index is 1.37. The van der Waals surface area contributed by atoms with Gasteiger partial charge in [-0.2, -0.15) is 4.98 Å². The van der Waals surface area contributed by atoms with E-state index in [0.717, 1.165) is 4.52 Å². The molecule has 2 aliphatic heterocycles. The molecule has 0 spiro atoms. The summed E-state index contributed by atoms with van der Waals surface area (Å²) in [6.45, 7) is 0.222. The third-order valence-electron chi connectivity index (χ3n) is 6.84. The number of piperidine rings is 1. The number of likely N-dealkylation sites (tertiary alicyclic amines) is 1. The number of halogens is 4. The van der Waals surface area contributed by atoms with Crippen molar-refractivity contribution in [1.29, 1.82) is 0 Å². The van der Waals surface area contributed by atoms with Gasteiger partial charge in [-0.3, -0.25) is 4.90 Å². The van der Waals surface area contributed by atoms with Crippen LogP contribution in [0.5, 0.6) is 5.88 Å². The molecule has 2 saturated heterocycles. The molecule has 0 unspecified atom stereocenters. The zero-order chi connectivity index (χ0) is 26.6. The van der Waals surface area contributed by atoms with Crippen LogP contribution in [0.1, 0.15) is 7.79 Å². The van der Waals surface area contributed by atoms with Crippen molar-refractivity contribution in [2.75, 3.05) is 45.4 Å². The van der Waals surface area contributed by atoms with Gasteiger partial charge in [-0.15, -0.1) is 10.2 Å². The highest BCUT2D eigenvalue weighted by molar-refractivity contribution is 5.89. The topological polar surface area (TPSA) is 94.6 Å². The molecule has 0 bridgehead atoms. The second-order valence-corrected chi connectivity index (χ2v) is 9.12. The molecule has 0 saturated carbocycles. The van der Waals surface area contributed by atoms with Crippen LogP contribution >= 0.6 is 0 Å². The van der Waals surface area contributed by atoms with E-state index in [1.54, 1.807) is 23.1 Å². The number of hydrogen-bond acceptors (Lipinski definition) is 8. The molecule has 1 atom stereocenters. The lowest BCUT2D eigenvalue weighted by atomic mass is 9.98. The Labute approximate surface area is 209 Å². The lowest BCUT2D eigenvalue weighted by Gasteiger charge is -2.44. The maximum atomic E-state index is 15.5. The summed E-state index contributed by atoms with van der Waals surface area (Å²) in [6.07, 6.45) is -0.465. The molecule has 2 aliphatic rings. The molecular weight excluding hydrogens is 496 g/mol. The van der Waals surface area contributed by atoms with Gasteiger partial charge >= 0.3 is 0 Å². The highest BCUT2D eigenvalue weighted by atomic mass is 19.3. The Kier molecular flexibility index (Phi) is 5.57. The number of rotatable bonds is 7. The zero-order valence-electron chi connectivity index (χ0n) is 20.8. The fourth-order valence-electron chi connectivity index (χ4n) is 4.83. The van der Waals surface area contributed by atoms with Crippen molar-refractivity contribution in [1.82, 2.24) is 34.5 Å². The van der Waals surface area contributed by atoms with Crippen LogP contribution < -0.4 is 10.1 Å². The standard InChI is InChI=1S/C23H24F4N8O2/c1-36-21-20-19(13-2-3-16-17(8-13)34(7-5-24)32-30-16)15(25)9-35(20)31-22(29-21)28-18-4-6-33(12-23(18,26)27)14-10-37-11-14/h2-3,8-9,14,18H,4-7,10-12H2,1H3,(H,28,31)/t18-/m1/s1/i9D. The van der Waals surface area contributed by atoms with Gasteiger partial charge in [0.15, 0.2) is 5.82 Å². The molecule has 6 rings (SSSR count). The zero-order valence-corrected chi connectivity index (χ0v) is 19.8. The van der Waals surface area contributed by atoms with Gasteiger partial charge in [0.1, 0.15) is 17.7 Å². The Morgan fingerprint density at radius 2 is 2.16 bits per heavy atom. The number of fused-ring (bicyclic) bond motifs is 2. The summed E-state index contributed by atoms with van der Waals surface area (Å²) in [4.78, 5) is 5.95. The molecule has 4 aromatic rings. The van der Waals surface area contributed by atoms with E-state index >= 15 is 13.2 Å². The fourth-order valence-corrected chi connectivity index (χ4v) is 4.83. The van der Waals surface area contributed by atoms with Gasteiger partial charge in [0.2, 0.25) is 11.8 Å². The number of nitrogens with one attached hydrogen (secondary N) is 1. The minimum absolute atomic E-state index is 0.00715. The predicted octanol–water partition coefficient (Wildman–Crippen LogP) is 2.78. The number of aryl methyl sites for hydroxylation is 1. The molecule has 37 heavy (non-hydrogen) atoms. The fraction of sp³-hybridized carbons (Fsp3) is 0.478. The number of nitrogens with zero attached hydrogens (tertiary/aromatic N) is 7. The van der Waals surface area contributed by atoms with E-state index in [1.807, 2.05) is 0 Å². The highest BCUT2D eigenvalue weighted by Crippen LogP contribution is 2.36. The van der Waals surface area contributed by atoms with Gasteiger partial charge < -0.3 is 14.8 Å². The second kappa shape index (κ2) is 9.10. The van der Waals surface area contributed by atoms with Crippen molar-refractivity contribution in [3.05, 3.63) is 30.2 Å². The van der Waals surface area contributed by atoms with Gasteiger partial charge in [-0.25, -0.2) is 26.8 Å². The first kappa shape index (κ1) is 22.7. The number of methoxy groups -OCH3 is 1. The molecule has 14 heteroatoms. The van der Waals surface area contributed by atoms with E-state index in [1.165, 1.54) is 11.8 Å². The van der Waals surface area contributed by atoms with Crippen LogP contribution in [0.25, 0.3) is 27.7 Å². The van der Waals surface area contributed by atoms with Crippen LogP contribution in [0.4, 0.5) is 23.5 Å². The molecule has 0 radical (unpaired) electrons. The Bertz CT molecular complexity index is 1510. The molecule has 0 amide bonds. The van der Waals surface area contributed by atoms with E-state index < -0.39 is 37.2 Å². The maximum absolute atomic E-state index is 15.5. The van der Waals surface area contributed by atoms with E-state index in [9.17, 15) is 4.39 Å². The quantitative estimate of drug-likeness (QED) is 0.371. The maximum Gasteiger partial charge on any atom is 0.280 e. The number of alkyl halides is 3. The van der Waals surface area contributed by atoms with Crippen LogP contribution in [0.2, 0.25) is 0 Å². The van der Waals surface area contributed by atoms with Crippen LogP contribution in [0, 0.1) is 5.82 Å². The molecular formula is C23H24F4N8O2. The smallest absolute Gasteiger partial charge is 0.280 e. The predicted molar refractivity (Wildman–Crippen MR) is 125 cm³/mol. The van der Waals surface area contributed by atoms with Crippen molar-refractivity contribution in [3.63, 3.8) is 0 Å². The first-order valence-corrected chi connectivity index (χ1v) is 11.8. The van der Waals surface area contributed by atoms with Gasteiger partial charge in [-0.05, 0) is 24.1 Å². The van der Waals surface area contributed by atoms with Crippen molar-refractivity contribution >= 4 is 22.5 Å². The molecule has 196 valence electrons. The van der Waals surface area contributed by atoms with Crippen LogP contribution in [-0.2, 0) is 11.3 Å². The van der Waals surface area contributed by atoms with E-state index in [2.05, 4.69) is 25.7 Å². The first-order chi connectivity index (χ1) is 18.3. The summed E-state index contributed by atoms with van der Waals surface area (Å²) >= 11 is 0. The van der Waals surface area contributed by atoms with Crippen molar-refractivity contribution in [2.45, 2.75) is 31.0 Å². The summed E-state index contributed by atoms with van der Waals surface area (Å²) in [5.41, 5.74) is 1.34. The summed E-state index contributed by atoms with van der Waals surface area (Å²) in [5, 5.41) is 14.7. The minimum atomic E-state index is -3.08. The van der Waals surface area contributed by atoms with E-state index in [0.29, 0.717) is 36.4 Å². The Morgan fingerprint density at radius 3 is 2.86 bits per heavy atom. The lowest BCUT2D eigenvalue weighted by molar-refractivity contribution is -0.131. The first-order valence-electron chi connectivity index (χ1n) is 12.3. The van der Waals surface area contributed by atoms with Crippen molar-refractivity contribution in [2.24, 2.45) is 0 Å². The minimum Gasteiger partial charge on any atom is -0.479 e.